The summed E-state index contributed by atoms with van der Waals surface area (Å²) < 4.78 is 0. The third-order valence-electron chi connectivity index (χ3n) is 3.80. The second kappa shape index (κ2) is 4.02. The summed E-state index contributed by atoms with van der Waals surface area (Å²) in [6.45, 7) is 5.51. The van der Waals surface area contributed by atoms with E-state index in [2.05, 4.69) is 34.0 Å². The van der Waals surface area contributed by atoms with Gasteiger partial charge in [0.1, 0.15) is 0 Å². The van der Waals surface area contributed by atoms with Crippen molar-refractivity contribution in [2.24, 2.45) is 5.92 Å². The first-order chi connectivity index (χ1) is 8.16. The summed E-state index contributed by atoms with van der Waals surface area (Å²) in [6.07, 6.45) is 4.32. The molecular formula is C12H17ClN4. The van der Waals surface area contributed by atoms with Crippen LogP contribution in [0.25, 0.3) is 0 Å². The predicted molar refractivity (Wildman–Crippen MR) is 69.7 cm³/mol. The lowest BCUT2D eigenvalue weighted by atomic mass is 10.0. The average Bonchev–Trinajstić information content (AvgIpc) is 3.11. The molecule has 1 aromatic rings. The summed E-state index contributed by atoms with van der Waals surface area (Å²) in [5, 5.41) is 3.75. The monoisotopic (exact) mass is 252 g/mol. The fraction of sp³-hybridized carbons (Fsp3) is 0.667. The van der Waals surface area contributed by atoms with Crippen molar-refractivity contribution >= 4 is 23.1 Å². The van der Waals surface area contributed by atoms with E-state index in [9.17, 15) is 0 Å². The maximum atomic E-state index is 5.93. The van der Waals surface area contributed by atoms with E-state index < -0.39 is 0 Å². The lowest BCUT2D eigenvalue weighted by Gasteiger charge is -2.32. The molecule has 17 heavy (non-hydrogen) atoms. The number of hydrogen-bond acceptors (Lipinski definition) is 4. The Labute approximate surface area is 106 Å². The number of hydrogen-bond donors (Lipinski definition) is 1. The number of rotatable bonds is 1. The van der Waals surface area contributed by atoms with Gasteiger partial charge in [0.25, 0.3) is 0 Å². The minimum atomic E-state index is 0.331. The third-order valence-corrected chi connectivity index (χ3v) is 3.98. The van der Waals surface area contributed by atoms with Crippen molar-refractivity contribution in [2.75, 3.05) is 16.8 Å². The molecule has 3 rings (SSSR count). The van der Waals surface area contributed by atoms with E-state index in [4.69, 9.17) is 11.6 Å². The van der Waals surface area contributed by atoms with Crippen molar-refractivity contribution in [3.63, 3.8) is 0 Å². The van der Waals surface area contributed by atoms with Gasteiger partial charge in [0.15, 0.2) is 5.82 Å². The number of aromatic nitrogens is 2. The summed E-state index contributed by atoms with van der Waals surface area (Å²) in [5.74, 6) is 1.56. The van der Waals surface area contributed by atoms with Crippen LogP contribution in [0, 0.1) is 5.92 Å². The number of nitrogens with one attached hydrogen (secondary N) is 1. The van der Waals surface area contributed by atoms with E-state index in [0.29, 0.717) is 23.3 Å². The molecule has 4 nitrogen and oxygen atoms in total. The van der Waals surface area contributed by atoms with E-state index in [-0.39, 0.29) is 0 Å². The van der Waals surface area contributed by atoms with Gasteiger partial charge >= 0.3 is 0 Å². The van der Waals surface area contributed by atoms with Crippen molar-refractivity contribution < 1.29 is 0 Å². The van der Waals surface area contributed by atoms with Crippen LogP contribution in [-0.4, -0.2) is 28.6 Å². The fourth-order valence-electron chi connectivity index (χ4n) is 2.44. The molecule has 1 saturated carbocycles. The SMILES string of the molecule is CC1CNc2cnc(Cl)nc2N(C2CC2)C1C. The predicted octanol–water partition coefficient (Wildman–Crippen LogP) is 2.55. The molecule has 0 aromatic carbocycles. The van der Waals surface area contributed by atoms with Crippen LogP contribution in [-0.2, 0) is 0 Å². The van der Waals surface area contributed by atoms with E-state index in [0.717, 1.165) is 18.1 Å². The van der Waals surface area contributed by atoms with Crippen LogP contribution in [0.5, 0.6) is 0 Å². The number of halogens is 1. The normalized spacial score (nSPS) is 28.3. The van der Waals surface area contributed by atoms with Crippen molar-refractivity contribution in [1.82, 2.24) is 9.97 Å². The molecule has 2 unspecified atom stereocenters. The van der Waals surface area contributed by atoms with Crippen LogP contribution >= 0.6 is 11.6 Å². The van der Waals surface area contributed by atoms with E-state index in [1.165, 1.54) is 12.8 Å². The lowest BCUT2D eigenvalue weighted by Crippen LogP contribution is -2.40. The summed E-state index contributed by atoms with van der Waals surface area (Å²) in [6, 6.07) is 1.12. The molecule has 2 atom stereocenters. The minimum absolute atomic E-state index is 0.331. The van der Waals surface area contributed by atoms with Gasteiger partial charge in [0, 0.05) is 18.6 Å². The highest BCUT2D eigenvalue weighted by molar-refractivity contribution is 6.28. The van der Waals surface area contributed by atoms with Crippen LogP contribution in [0.2, 0.25) is 5.28 Å². The van der Waals surface area contributed by atoms with Crippen LogP contribution in [0.4, 0.5) is 11.5 Å². The molecule has 0 bridgehead atoms. The molecule has 2 heterocycles. The lowest BCUT2D eigenvalue weighted by molar-refractivity contribution is 0.470. The molecule has 1 fully saturated rings. The molecular weight excluding hydrogens is 236 g/mol. The van der Waals surface area contributed by atoms with E-state index in [1.807, 2.05) is 0 Å². The molecule has 1 aliphatic heterocycles. The second-order valence-corrected chi connectivity index (χ2v) is 5.45. The summed E-state index contributed by atoms with van der Waals surface area (Å²) in [7, 11) is 0. The van der Waals surface area contributed by atoms with Crippen LogP contribution in [0.1, 0.15) is 26.7 Å². The smallest absolute Gasteiger partial charge is 0.224 e. The van der Waals surface area contributed by atoms with Crippen molar-refractivity contribution in [3.05, 3.63) is 11.5 Å². The summed E-state index contributed by atoms with van der Waals surface area (Å²) in [5.41, 5.74) is 1.01. The minimum Gasteiger partial charge on any atom is -0.380 e. The Hall–Kier alpha value is -1.03. The van der Waals surface area contributed by atoms with Gasteiger partial charge in [-0.3, -0.25) is 0 Å². The Bertz CT molecular complexity index is 433. The highest BCUT2D eigenvalue weighted by Crippen LogP contribution is 2.39. The van der Waals surface area contributed by atoms with Gasteiger partial charge in [-0.1, -0.05) is 6.92 Å². The van der Waals surface area contributed by atoms with Crippen molar-refractivity contribution in [1.29, 1.82) is 0 Å². The van der Waals surface area contributed by atoms with Gasteiger partial charge in [-0.2, -0.15) is 4.98 Å². The molecule has 0 amide bonds. The number of nitrogens with zero attached hydrogens (tertiary/aromatic N) is 3. The maximum absolute atomic E-state index is 5.93. The molecule has 1 aromatic heterocycles. The Morgan fingerprint density at radius 3 is 2.88 bits per heavy atom. The Morgan fingerprint density at radius 1 is 1.41 bits per heavy atom. The number of anilines is 2. The van der Waals surface area contributed by atoms with Crippen LogP contribution < -0.4 is 10.2 Å². The zero-order chi connectivity index (χ0) is 12.0. The first-order valence-corrected chi connectivity index (χ1v) is 6.59. The summed E-state index contributed by atoms with van der Waals surface area (Å²) in [4.78, 5) is 10.9. The van der Waals surface area contributed by atoms with Gasteiger partial charge in [-0.15, -0.1) is 0 Å². The first-order valence-electron chi connectivity index (χ1n) is 6.21. The molecule has 0 radical (unpaired) electrons. The van der Waals surface area contributed by atoms with E-state index in [1.54, 1.807) is 6.20 Å². The first kappa shape index (κ1) is 11.1. The van der Waals surface area contributed by atoms with Crippen LogP contribution in [0.15, 0.2) is 6.20 Å². The summed E-state index contributed by atoms with van der Waals surface area (Å²) >= 11 is 5.93. The van der Waals surface area contributed by atoms with Gasteiger partial charge in [0.05, 0.1) is 11.9 Å². The van der Waals surface area contributed by atoms with Crippen LogP contribution in [0.3, 0.4) is 0 Å². The van der Waals surface area contributed by atoms with E-state index >= 15 is 0 Å². The largest absolute Gasteiger partial charge is 0.380 e. The standard InChI is InChI=1S/C12H17ClN4/c1-7-5-14-10-6-15-12(13)16-11(10)17(8(7)2)9-3-4-9/h6-9,14H,3-5H2,1-2H3. The topological polar surface area (TPSA) is 41.1 Å². The zero-order valence-corrected chi connectivity index (χ0v) is 10.9. The van der Waals surface area contributed by atoms with Gasteiger partial charge in [-0.25, -0.2) is 4.98 Å². The molecule has 2 aliphatic rings. The van der Waals surface area contributed by atoms with Gasteiger partial charge in [-0.05, 0) is 37.3 Å². The highest BCUT2D eigenvalue weighted by Gasteiger charge is 2.38. The molecule has 0 spiro atoms. The highest BCUT2D eigenvalue weighted by atomic mass is 35.5. The van der Waals surface area contributed by atoms with Gasteiger partial charge < -0.3 is 10.2 Å². The molecule has 0 saturated heterocycles. The van der Waals surface area contributed by atoms with Gasteiger partial charge in [0.2, 0.25) is 5.28 Å². The Balaban J connectivity index is 2.06. The second-order valence-electron chi connectivity index (χ2n) is 5.11. The molecule has 1 aliphatic carbocycles. The molecule has 5 heteroatoms. The Morgan fingerprint density at radius 2 is 2.18 bits per heavy atom. The number of fused-ring (bicyclic) bond motifs is 1. The fourth-order valence-corrected chi connectivity index (χ4v) is 2.57. The molecule has 92 valence electrons. The quantitative estimate of drug-likeness (QED) is 0.780. The zero-order valence-electron chi connectivity index (χ0n) is 10.2. The van der Waals surface area contributed by atoms with Crippen molar-refractivity contribution in [2.45, 2.75) is 38.8 Å². The Kier molecular flexibility index (Phi) is 2.62. The van der Waals surface area contributed by atoms with Crippen molar-refractivity contribution in [3.8, 4) is 0 Å². The third kappa shape index (κ3) is 1.95. The maximum Gasteiger partial charge on any atom is 0.224 e. The average molecular weight is 253 g/mol. The molecule has 1 N–H and O–H groups in total.